The first kappa shape index (κ1) is 15.7. The summed E-state index contributed by atoms with van der Waals surface area (Å²) in [6.07, 6.45) is 0. The number of hydrogen-bond acceptors (Lipinski definition) is 4. The van der Waals surface area contributed by atoms with Crippen molar-refractivity contribution in [3.8, 4) is 11.3 Å². The Kier molecular flexibility index (Phi) is 5.05. The molecule has 2 N–H and O–H groups in total. The molecule has 0 radical (unpaired) electrons. The number of aromatic nitrogens is 2. The third-order valence-electron chi connectivity index (χ3n) is 4.12. The maximum Gasteiger partial charge on any atom is 0.269 e. The van der Waals surface area contributed by atoms with Crippen LogP contribution < -0.4 is 5.32 Å². The van der Waals surface area contributed by atoms with E-state index in [4.69, 9.17) is 4.74 Å². The molecule has 0 aliphatic carbocycles. The molecule has 6 nitrogen and oxygen atoms in total. The van der Waals surface area contributed by atoms with Gasteiger partial charge in [0.25, 0.3) is 5.91 Å². The van der Waals surface area contributed by atoms with Crippen LogP contribution in [0.15, 0.2) is 36.4 Å². The van der Waals surface area contributed by atoms with E-state index in [0.29, 0.717) is 18.3 Å². The molecule has 0 bridgehead atoms. The number of benzene rings is 1. The zero-order chi connectivity index (χ0) is 16.1. The molecule has 1 saturated heterocycles. The molecule has 1 aliphatic heterocycles. The van der Waals surface area contributed by atoms with Crippen LogP contribution in [0.3, 0.4) is 0 Å². The second kappa shape index (κ2) is 7.39. The fourth-order valence-corrected chi connectivity index (χ4v) is 2.68. The summed E-state index contributed by atoms with van der Waals surface area (Å²) in [5.41, 5.74) is 2.25. The highest BCUT2D eigenvalue weighted by atomic mass is 16.5. The summed E-state index contributed by atoms with van der Waals surface area (Å²) < 4.78 is 5.35. The molecule has 0 spiro atoms. The van der Waals surface area contributed by atoms with Gasteiger partial charge in [-0.2, -0.15) is 5.10 Å². The lowest BCUT2D eigenvalue weighted by Gasteiger charge is -2.32. The molecule has 6 heteroatoms. The second-order valence-electron chi connectivity index (χ2n) is 5.74. The van der Waals surface area contributed by atoms with E-state index >= 15 is 0 Å². The molecule has 2 heterocycles. The van der Waals surface area contributed by atoms with E-state index in [0.717, 1.165) is 37.6 Å². The number of morpholine rings is 1. The molecule has 3 rings (SSSR count). The first-order chi connectivity index (χ1) is 11.2. The summed E-state index contributed by atoms with van der Waals surface area (Å²) in [5, 5.41) is 9.99. The number of nitrogens with zero attached hydrogens (tertiary/aromatic N) is 2. The number of amides is 1. The number of hydrogen-bond donors (Lipinski definition) is 2. The smallest absolute Gasteiger partial charge is 0.269 e. The molecule has 1 amide bonds. The third kappa shape index (κ3) is 3.97. The summed E-state index contributed by atoms with van der Waals surface area (Å²) in [4.78, 5) is 14.6. The zero-order valence-electron chi connectivity index (χ0n) is 13.3. The van der Waals surface area contributed by atoms with Crippen molar-refractivity contribution in [1.82, 2.24) is 20.4 Å². The van der Waals surface area contributed by atoms with Crippen molar-refractivity contribution < 1.29 is 9.53 Å². The Bertz CT molecular complexity index is 635. The van der Waals surface area contributed by atoms with Gasteiger partial charge in [-0.15, -0.1) is 0 Å². The lowest BCUT2D eigenvalue weighted by molar-refractivity contribution is 0.0204. The first-order valence-electron chi connectivity index (χ1n) is 7.95. The van der Waals surface area contributed by atoms with Crippen molar-refractivity contribution in [2.45, 2.75) is 13.0 Å². The predicted molar refractivity (Wildman–Crippen MR) is 88.2 cm³/mol. The van der Waals surface area contributed by atoms with Gasteiger partial charge >= 0.3 is 0 Å². The average Bonchev–Trinajstić information content (AvgIpc) is 3.11. The van der Waals surface area contributed by atoms with Gasteiger partial charge in [0.05, 0.1) is 18.9 Å². The maximum absolute atomic E-state index is 12.3. The highest BCUT2D eigenvalue weighted by Crippen LogP contribution is 2.16. The highest BCUT2D eigenvalue weighted by Gasteiger charge is 2.18. The van der Waals surface area contributed by atoms with Gasteiger partial charge in [-0.25, -0.2) is 0 Å². The van der Waals surface area contributed by atoms with Crippen molar-refractivity contribution in [3.05, 3.63) is 42.1 Å². The summed E-state index contributed by atoms with van der Waals surface area (Å²) in [7, 11) is 0. The average molecular weight is 314 g/mol. The second-order valence-corrected chi connectivity index (χ2v) is 5.74. The van der Waals surface area contributed by atoms with Gasteiger partial charge in [0.2, 0.25) is 0 Å². The minimum atomic E-state index is -0.125. The molecule has 1 aromatic carbocycles. The number of rotatable bonds is 5. The van der Waals surface area contributed by atoms with Crippen LogP contribution in [0.5, 0.6) is 0 Å². The Labute approximate surface area is 135 Å². The van der Waals surface area contributed by atoms with E-state index < -0.39 is 0 Å². The third-order valence-corrected chi connectivity index (χ3v) is 4.12. The topological polar surface area (TPSA) is 70.2 Å². The van der Waals surface area contributed by atoms with E-state index in [1.807, 2.05) is 30.3 Å². The fourth-order valence-electron chi connectivity index (χ4n) is 2.68. The van der Waals surface area contributed by atoms with E-state index in [-0.39, 0.29) is 5.91 Å². The van der Waals surface area contributed by atoms with Gasteiger partial charge in [0.1, 0.15) is 5.69 Å². The molecule has 0 unspecified atom stereocenters. The van der Waals surface area contributed by atoms with Crippen molar-refractivity contribution in [2.75, 3.05) is 32.8 Å². The van der Waals surface area contributed by atoms with Crippen molar-refractivity contribution in [1.29, 1.82) is 0 Å². The molecule has 1 fully saturated rings. The number of aromatic amines is 1. The Morgan fingerprint density at radius 3 is 2.83 bits per heavy atom. The van der Waals surface area contributed by atoms with Gasteiger partial charge in [0.15, 0.2) is 0 Å². The van der Waals surface area contributed by atoms with Crippen LogP contribution in [0.1, 0.15) is 17.4 Å². The van der Waals surface area contributed by atoms with Crippen LogP contribution in [0.2, 0.25) is 0 Å². The SMILES string of the molecule is C[C@H](CNC(=O)c1cc(-c2ccccc2)n[nH]1)N1CCOCC1. The molecule has 23 heavy (non-hydrogen) atoms. The highest BCUT2D eigenvalue weighted by molar-refractivity contribution is 5.93. The molecule has 1 aliphatic rings. The standard InChI is InChI=1S/C17H22N4O2/c1-13(21-7-9-23-10-8-21)12-18-17(22)16-11-15(19-20-16)14-5-3-2-4-6-14/h2-6,11,13H,7-10,12H2,1H3,(H,18,22)(H,19,20)/t13-/m1/s1. The van der Waals surface area contributed by atoms with Crippen molar-refractivity contribution >= 4 is 5.91 Å². The zero-order valence-corrected chi connectivity index (χ0v) is 13.3. The van der Waals surface area contributed by atoms with E-state index in [1.54, 1.807) is 6.07 Å². The fraction of sp³-hybridized carbons (Fsp3) is 0.412. The largest absolute Gasteiger partial charge is 0.379 e. The quantitative estimate of drug-likeness (QED) is 0.878. The summed E-state index contributed by atoms with van der Waals surface area (Å²) >= 11 is 0. The van der Waals surface area contributed by atoms with Crippen LogP contribution >= 0.6 is 0 Å². The van der Waals surface area contributed by atoms with Crippen LogP contribution in [0.4, 0.5) is 0 Å². The van der Waals surface area contributed by atoms with Crippen LogP contribution in [0.25, 0.3) is 11.3 Å². The van der Waals surface area contributed by atoms with Crippen molar-refractivity contribution in [3.63, 3.8) is 0 Å². The van der Waals surface area contributed by atoms with Crippen molar-refractivity contribution in [2.24, 2.45) is 0 Å². The maximum atomic E-state index is 12.3. The van der Waals surface area contributed by atoms with E-state index in [1.165, 1.54) is 0 Å². The minimum absolute atomic E-state index is 0.125. The molecule has 1 aromatic heterocycles. The number of H-pyrrole nitrogens is 1. The summed E-state index contributed by atoms with van der Waals surface area (Å²) in [6, 6.07) is 11.9. The number of ether oxygens (including phenoxy) is 1. The monoisotopic (exact) mass is 314 g/mol. The number of nitrogens with one attached hydrogen (secondary N) is 2. The van der Waals surface area contributed by atoms with Gasteiger partial charge in [-0.1, -0.05) is 30.3 Å². The minimum Gasteiger partial charge on any atom is -0.379 e. The lowest BCUT2D eigenvalue weighted by Crippen LogP contribution is -2.47. The first-order valence-corrected chi connectivity index (χ1v) is 7.95. The Morgan fingerprint density at radius 1 is 1.35 bits per heavy atom. The van der Waals surface area contributed by atoms with Gasteiger partial charge < -0.3 is 10.1 Å². The molecule has 2 aromatic rings. The molecular weight excluding hydrogens is 292 g/mol. The van der Waals surface area contributed by atoms with Crippen LogP contribution in [-0.2, 0) is 4.74 Å². The predicted octanol–water partition coefficient (Wildman–Crippen LogP) is 1.53. The summed E-state index contributed by atoms with van der Waals surface area (Å²) in [5.74, 6) is -0.125. The number of carbonyl (C=O) groups excluding carboxylic acids is 1. The van der Waals surface area contributed by atoms with Gasteiger partial charge in [-0.05, 0) is 13.0 Å². The van der Waals surface area contributed by atoms with Crippen LogP contribution in [0, 0.1) is 0 Å². The summed E-state index contributed by atoms with van der Waals surface area (Å²) in [6.45, 7) is 6.09. The number of carbonyl (C=O) groups is 1. The molecule has 0 saturated carbocycles. The van der Waals surface area contributed by atoms with E-state index in [2.05, 4.69) is 27.3 Å². The van der Waals surface area contributed by atoms with Crippen LogP contribution in [-0.4, -0.2) is 59.9 Å². The molecule has 122 valence electrons. The van der Waals surface area contributed by atoms with Gasteiger partial charge in [-0.3, -0.25) is 14.8 Å². The Balaban J connectivity index is 1.55. The Hall–Kier alpha value is -2.18. The lowest BCUT2D eigenvalue weighted by atomic mass is 10.1. The Morgan fingerprint density at radius 2 is 2.09 bits per heavy atom. The molecule has 1 atom stereocenters. The normalized spacial score (nSPS) is 16.9. The van der Waals surface area contributed by atoms with Gasteiger partial charge in [0, 0.05) is 31.2 Å². The van der Waals surface area contributed by atoms with E-state index in [9.17, 15) is 4.79 Å². The molecular formula is C17H22N4O2.